The lowest BCUT2D eigenvalue weighted by atomic mass is 9.95. The molecule has 2 fully saturated rings. The van der Waals surface area contributed by atoms with Gasteiger partial charge in [-0.1, -0.05) is 23.4 Å². The van der Waals surface area contributed by atoms with Crippen molar-refractivity contribution < 1.29 is 18.8 Å². The van der Waals surface area contributed by atoms with Crippen molar-refractivity contribution in [3.8, 4) is 10.7 Å². The highest BCUT2D eigenvalue weighted by Gasteiger charge is 2.27. The Morgan fingerprint density at radius 3 is 2.74 bits per heavy atom. The Morgan fingerprint density at radius 2 is 1.97 bits per heavy atom. The Balaban J connectivity index is 1.11. The molecule has 2 aliphatic heterocycles. The molecule has 5 rings (SSSR count). The average Bonchev–Trinajstić information content (AvgIpc) is 3.66. The molecule has 0 radical (unpaired) electrons. The maximum atomic E-state index is 13.0. The summed E-state index contributed by atoms with van der Waals surface area (Å²) in [7, 11) is 0. The van der Waals surface area contributed by atoms with Gasteiger partial charge < -0.3 is 19.9 Å². The fourth-order valence-corrected chi connectivity index (χ4v) is 5.15. The van der Waals surface area contributed by atoms with E-state index in [2.05, 4.69) is 25.7 Å². The predicted molar refractivity (Wildman–Crippen MR) is 132 cm³/mol. The molecule has 35 heavy (non-hydrogen) atoms. The number of aromatic nitrogens is 2. The van der Waals surface area contributed by atoms with Gasteiger partial charge in [0.05, 0.1) is 28.8 Å². The molecule has 2 aliphatic rings. The van der Waals surface area contributed by atoms with E-state index in [1.807, 2.05) is 23.6 Å². The third kappa shape index (κ3) is 5.95. The maximum absolute atomic E-state index is 13.0. The van der Waals surface area contributed by atoms with Crippen LogP contribution in [0.3, 0.4) is 0 Å². The number of anilines is 1. The average molecular weight is 496 g/mol. The highest BCUT2D eigenvalue weighted by atomic mass is 32.1. The number of ether oxygens (including phenoxy) is 1. The first-order valence-corrected chi connectivity index (χ1v) is 12.9. The first-order valence-electron chi connectivity index (χ1n) is 12.0. The van der Waals surface area contributed by atoms with Gasteiger partial charge in [0, 0.05) is 19.1 Å². The molecule has 2 N–H and O–H groups in total. The first-order chi connectivity index (χ1) is 17.2. The molecule has 0 bridgehead atoms. The van der Waals surface area contributed by atoms with Gasteiger partial charge in [-0.15, -0.1) is 11.3 Å². The molecule has 1 unspecified atom stereocenters. The zero-order valence-corrected chi connectivity index (χ0v) is 20.3. The normalized spacial score (nSPS) is 19.0. The lowest BCUT2D eigenvalue weighted by Crippen LogP contribution is -2.38. The molecule has 0 saturated carbocycles. The van der Waals surface area contributed by atoms with Crippen LogP contribution in [0.1, 0.15) is 41.9 Å². The van der Waals surface area contributed by atoms with Crippen molar-refractivity contribution in [3.63, 3.8) is 0 Å². The number of nitrogens with one attached hydrogen (secondary N) is 2. The van der Waals surface area contributed by atoms with Gasteiger partial charge in [0.15, 0.2) is 0 Å². The molecule has 1 aromatic carbocycles. The second kappa shape index (κ2) is 11.1. The molecular weight excluding hydrogens is 466 g/mol. The number of rotatable bonds is 8. The third-order valence-corrected chi connectivity index (χ3v) is 7.34. The molecule has 2 aromatic heterocycles. The van der Waals surface area contributed by atoms with E-state index in [-0.39, 0.29) is 23.8 Å². The Bertz CT molecular complexity index is 1130. The number of carbonyl (C=O) groups is 2. The van der Waals surface area contributed by atoms with Crippen LogP contribution in [0, 0.1) is 5.92 Å². The lowest BCUT2D eigenvalue weighted by Gasteiger charge is -2.30. The second-order valence-corrected chi connectivity index (χ2v) is 9.87. The molecule has 1 atom stereocenters. The third-order valence-electron chi connectivity index (χ3n) is 6.47. The highest BCUT2D eigenvalue weighted by molar-refractivity contribution is 7.13. The van der Waals surface area contributed by atoms with Crippen LogP contribution in [-0.2, 0) is 16.1 Å². The van der Waals surface area contributed by atoms with Crippen LogP contribution in [0.4, 0.5) is 5.69 Å². The van der Waals surface area contributed by atoms with Gasteiger partial charge >= 0.3 is 0 Å². The van der Waals surface area contributed by atoms with E-state index in [1.54, 1.807) is 29.5 Å². The minimum Gasteiger partial charge on any atom is -0.376 e. The number of thiophene rings is 1. The van der Waals surface area contributed by atoms with Crippen LogP contribution in [0.2, 0.25) is 0 Å². The van der Waals surface area contributed by atoms with Crippen molar-refractivity contribution in [2.24, 2.45) is 5.92 Å². The van der Waals surface area contributed by atoms with E-state index in [1.165, 1.54) is 0 Å². The zero-order valence-electron chi connectivity index (χ0n) is 19.4. The van der Waals surface area contributed by atoms with Gasteiger partial charge in [-0.05, 0) is 62.4 Å². The Labute approximate surface area is 207 Å². The van der Waals surface area contributed by atoms with Crippen molar-refractivity contribution in [1.82, 2.24) is 20.4 Å². The lowest BCUT2D eigenvalue weighted by molar-refractivity contribution is -0.121. The summed E-state index contributed by atoms with van der Waals surface area (Å²) in [5.41, 5.74) is 1.01. The number of nitrogens with zero attached hydrogens (tertiary/aromatic N) is 3. The van der Waals surface area contributed by atoms with Crippen LogP contribution in [0.15, 0.2) is 46.3 Å². The van der Waals surface area contributed by atoms with E-state index in [9.17, 15) is 9.59 Å². The summed E-state index contributed by atoms with van der Waals surface area (Å²) >= 11 is 1.58. The maximum Gasteiger partial charge on any atom is 0.253 e. The summed E-state index contributed by atoms with van der Waals surface area (Å²) in [6.07, 6.45) is 3.51. The summed E-state index contributed by atoms with van der Waals surface area (Å²) in [6, 6.07) is 11.1. The molecule has 0 spiro atoms. The monoisotopic (exact) mass is 495 g/mol. The standard InChI is InChI=1S/C25H29N5O4S/c31-24(27-20-7-2-1-6-19(20)25(32)26-15-18-5-3-13-33-18)17-9-11-30(12-10-17)16-22-28-23(29-34-22)21-8-4-14-35-21/h1-2,4,6-8,14,17-18H,3,5,9-13,15-16H2,(H,26,32)(H,27,31). The topological polar surface area (TPSA) is 110 Å². The van der Waals surface area contributed by atoms with Gasteiger partial charge in [-0.3, -0.25) is 14.5 Å². The number of piperidine rings is 1. The molecule has 10 heteroatoms. The van der Waals surface area contributed by atoms with Gasteiger partial charge in [0.2, 0.25) is 17.6 Å². The van der Waals surface area contributed by atoms with Crippen molar-refractivity contribution >= 4 is 28.8 Å². The van der Waals surface area contributed by atoms with Crippen LogP contribution in [0.5, 0.6) is 0 Å². The Kier molecular flexibility index (Phi) is 7.51. The summed E-state index contributed by atoms with van der Waals surface area (Å²) < 4.78 is 11.0. The molecule has 184 valence electrons. The van der Waals surface area contributed by atoms with Crippen molar-refractivity contribution in [2.75, 3.05) is 31.6 Å². The molecule has 2 saturated heterocycles. The predicted octanol–water partition coefficient (Wildman–Crippen LogP) is 3.56. The zero-order chi connectivity index (χ0) is 24.0. The van der Waals surface area contributed by atoms with Crippen molar-refractivity contribution in [2.45, 2.75) is 38.3 Å². The summed E-state index contributed by atoms with van der Waals surface area (Å²) in [6.45, 7) is 3.32. The van der Waals surface area contributed by atoms with Gasteiger partial charge in [-0.2, -0.15) is 4.98 Å². The molecule has 4 heterocycles. The van der Waals surface area contributed by atoms with Crippen LogP contribution in [-0.4, -0.2) is 59.2 Å². The Hall–Kier alpha value is -3.08. The van der Waals surface area contributed by atoms with Crippen LogP contribution < -0.4 is 10.6 Å². The smallest absolute Gasteiger partial charge is 0.253 e. The van der Waals surface area contributed by atoms with E-state index in [0.717, 1.165) is 50.3 Å². The number of likely N-dealkylation sites (tertiary alicyclic amines) is 1. The molecular formula is C25H29N5O4S. The van der Waals surface area contributed by atoms with Crippen molar-refractivity contribution in [3.05, 3.63) is 53.2 Å². The van der Waals surface area contributed by atoms with Crippen molar-refractivity contribution in [1.29, 1.82) is 0 Å². The van der Waals surface area contributed by atoms with Crippen LogP contribution in [0.25, 0.3) is 10.7 Å². The number of hydrogen-bond acceptors (Lipinski definition) is 8. The molecule has 2 amide bonds. The van der Waals surface area contributed by atoms with E-state index < -0.39 is 0 Å². The molecule has 3 aromatic rings. The summed E-state index contributed by atoms with van der Waals surface area (Å²) in [4.78, 5) is 33.4. The second-order valence-electron chi connectivity index (χ2n) is 8.92. The fraction of sp³-hybridized carbons (Fsp3) is 0.440. The van der Waals surface area contributed by atoms with E-state index in [0.29, 0.717) is 36.1 Å². The van der Waals surface area contributed by atoms with Crippen LogP contribution >= 0.6 is 11.3 Å². The number of amides is 2. The quantitative estimate of drug-likeness (QED) is 0.492. The van der Waals surface area contributed by atoms with Gasteiger partial charge in [0.25, 0.3) is 5.91 Å². The van der Waals surface area contributed by atoms with Gasteiger partial charge in [-0.25, -0.2) is 0 Å². The Morgan fingerprint density at radius 1 is 1.11 bits per heavy atom. The number of benzene rings is 1. The summed E-state index contributed by atoms with van der Waals surface area (Å²) in [5, 5.41) is 12.0. The molecule has 9 nitrogen and oxygen atoms in total. The summed E-state index contributed by atoms with van der Waals surface area (Å²) in [5.74, 6) is 0.829. The minimum atomic E-state index is -0.201. The van der Waals surface area contributed by atoms with E-state index >= 15 is 0 Å². The van der Waals surface area contributed by atoms with Gasteiger partial charge in [0.1, 0.15) is 0 Å². The fourth-order valence-electron chi connectivity index (χ4n) is 4.50. The highest BCUT2D eigenvalue weighted by Crippen LogP contribution is 2.24. The minimum absolute atomic E-state index is 0.0539. The number of para-hydroxylation sites is 1. The largest absolute Gasteiger partial charge is 0.376 e. The first kappa shape index (κ1) is 23.7. The number of hydrogen-bond donors (Lipinski definition) is 2. The van der Waals surface area contributed by atoms with E-state index in [4.69, 9.17) is 9.26 Å². The number of carbonyl (C=O) groups excluding carboxylic acids is 2. The SMILES string of the molecule is O=C(NCC1CCCO1)c1ccccc1NC(=O)C1CCN(Cc2nc(-c3cccs3)no2)CC1. The molecule has 0 aliphatic carbocycles.